The number of para-hydroxylation sites is 2. The first kappa shape index (κ1) is 26.6. The van der Waals surface area contributed by atoms with Gasteiger partial charge < -0.3 is 8.83 Å². The molecular weight excluding hydrogens is 590 g/mol. The summed E-state index contributed by atoms with van der Waals surface area (Å²) in [4.78, 5) is 15.3. The van der Waals surface area contributed by atoms with Gasteiger partial charge in [0.2, 0.25) is 0 Å². The number of nitrogens with zero attached hydrogens (tertiary/aromatic N) is 3. The van der Waals surface area contributed by atoms with Gasteiger partial charge in [-0.2, -0.15) is 0 Å². The summed E-state index contributed by atoms with van der Waals surface area (Å²) < 4.78 is 12.8. The SMILES string of the molecule is c1ccc(-c2cccc3c2oc2cccc(-c4nc(-c5ccc6ccccc6c5)nc(-c5ccc6c(c5)oc5ccccc56)n4)c23)cc1. The predicted molar refractivity (Wildman–Crippen MR) is 194 cm³/mol. The second-order valence-electron chi connectivity index (χ2n) is 12.0. The van der Waals surface area contributed by atoms with Crippen LogP contribution < -0.4 is 0 Å². The number of hydrogen-bond acceptors (Lipinski definition) is 5. The fourth-order valence-corrected chi connectivity index (χ4v) is 6.83. The fraction of sp³-hybridized carbons (Fsp3) is 0. The molecule has 224 valence electrons. The van der Waals surface area contributed by atoms with Crippen molar-refractivity contribution in [2.45, 2.75) is 0 Å². The molecule has 0 saturated carbocycles. The minimum absolute atomic E-state index is 0.570. The van der Waals surface area contributed by atoms with E-state index in [-0.39, 0.29) is 0 Å². The van der Waals surface area contributed by atoms with Gasteiger partial charge in [-0.25, -0.2) is 15.0 Å². The highest BCUT2D eigenvalue weighted by Crippen LogP contribution is 2.40. The lowest BCUT2D eigenvalue weighted by atomic mass is 10.0. The summed E-state index contributed by atoms with van der Waals surface area (Å²) in [5, 5.41) is 6.41. The lowest BCUT2D eigenvalue weighted by Crippen LogP contribution is -2.00. The Balaban J connectivity index is 1.22. The Morgan fingerprint density at radius 1 is 0.354 bits per heavy atom. The average Bonchev–Trinajstić information content (AvgIpc) is 3.73. The van der Waals surface area contributed by atoms with Crippen LogP contribution in [0.25, 0.3) is 99.9 Å². The smallest absolute Gasteiger partial charge is 0.164 e. The van der Waals surface area contributed by atoms with E-state index in [1.165, 1.54) is 0 Å². The van der Waals surface area contributed by atoms with Crippen LogP contribution in [-0.2, 0) is 0 Å². The topological polar surface area (TPSA) is 65.0 Å². The summed E-state index contributed by atoms with van der Waals surface area (Å²) in [5.41, 5.74) is 8.06. The van der Waals surface area contributed by atoms with Gasteiger partial charge in [-0.3, -0.25) is 0 Å². The van der Waals surface area contributed by atoms with Crippen molar-refractivity contribution in [2.75, 3.05) is 0 Å². The molecule has 0 unspecified atom stereocenters. The van der Waals surface area contributed by atoms with Crippen molar-refractivity contribution in [3.8, 4) is 45.3 Å². The van der Waals surface area contributed by atoms with E-state index in [9.17, 15) is 0 Å². The Morgan fingerprint density at radius 3 is 1.90 bits per heavy atom. The van der Waals surface area contributed by atoms with Crippen molar-refractivity contribution in [2.24, 2.45) is 0 Å². The van der Waals surface area contributed by atoms with Crippen LogP contribution in [0.3, 0.4) is 0 Å². The molecule has 0 radical (unpaired) electrons. The maximum absolute atomic E-state index is 6.57. The summed E-state index contributed by atoms with van der Waals surface area (Å²) in [7, 11) is 0. The number of furan rings is 2. The molecule has 0 atom stereocenters. The van der Waals surface area contributed by atoms with Crippen LogP contribution >= 0.6 is 0 Å². The molecule has 0 fully saturated rings. The molecule has 5 heteroatoms. The summed E-state index contributed by atoms with van der Waals surface area (Å²) in [6.07, 6.45) is 0. The average molecular weight is 616 g/mol. The van der Waals surface area contributed by atoms with E-state index < -0.39 is 0 Å². The second-order valence-corrected chi connectivity index (χ2v) is 12.0. The first-order chi connectivity index (χ1) is 23.8. The first-order valence-electron chi connectivity index (χ1n) is 15.9. The molecule has 5 nitrogen and oxygen atoms in total. The summed E-state index contributed by atoms with van der Waals surface area (Å²) in [6, 6.07) is 51.6. The number of rotatable bonds is 4. The molecule has 0 aliphatic carbocycles. The Kier molecular flexibility index (Phi) is 5.81. The largest absolute Gasteiger partial charge is 0.456 e. The van der Waals surface area contributed by atoms with Gasteiger partial charge in [0.1, 0.15) is 22.3 Å². The molecule has 0 bridgehead atoms. The van der Waals surface area contributed by atoms with E-state index in [2.05, 4.69) is 91.0 Å². The van der Waals surface area contributed by atoms with Crippen LogP contribution in [0, 0.1) is 0 Å². The number of aromatic nitrogens is 3. The molecule has 7 aromatic carbocycles. The lowest BCUT2D eigenvalue weighted by molar-refractivity contribution is 0.669. The second kappa shape index (κ2) is 10.5. The van der Waals surface area contributed by atoms with E-state index in [1.54, 1.807) is 0 Å². The molecule has 0 N–H and O–H groups in total. The van der Waals surface area contributed by atoms with Crippen LogP contribution in [0.5, 0.6) is 0 Å². The van der Waals surface area contributed by atoms with Crippen molar-refractivity contribution >= 4 is 54.6 Å². The first-order valence-corrected chi connectivity index (χ1v) is 15.9. The molecule has 10 aromatic rings. The normalized spacial score (nSPS) is 11.8. The summed E-state index contributed by atoms with van der Waals surface area (Å²) >= 11 is 0. The molecule has 0 aliphatic rings. The predicted octanol–water partition coefficient (Wildman–Crippen LogP) is 11.5. The van der Waals surface area contributed by atoms with Crippen molar-refractivity contribution in [1.29, 1.82) is 0 Å². The van der Waals surface area contributed by atoms with Crippen LogP contribution in [0.1, 0.15) is 0 Å². The molecule has 48 heavy (non-hydrogen) atoms. The van der Waals surface area contributed by atoms with Crippen LogP contribution in [0.15, 0.2) is 160 Å². The fourth-order valence-electron chi connectivity index (χ4n) is 6.83. The third-order valence-corrected chi connectivity index (χ3v) is 9.13. The maximum atomic E-state index is 6.57. The van der Waals surface area contributed by atoms with E-state index >= 15 is 0 Å². The molecule has 3 aromatic heterocycles. The highest BCUT2D eigenvalue weighted by molar-refractivity contribution is 6.15. The van der Waals surface area contributed by atoms with Gasteiger partial charge in [-0.1, -0.05) is 121 Å². The zero-order valence-corrected chi connectivity index (χ0v) is 25.6. The summed E-state index contributed by atoms with van der Waals surface area (Å²) in [6.45, 7) is 0. The molecular formula is C43H25N3O2. The van der Waals surface area contributed by atoms with Gasteiger partial charge in [-0.05, 0) is 46.7 Å². The quantitative estimate of drug-likeness (QED) is 0.197. The standard InChI is InChI=1S/C43H25N3O2/c1-2-11-27(12-3-1)31-15-8-16-34-39-35(17-9-19-37(39)48-40(31)34)43-45-41(29-21-20-26-10-4-5-13-28(26)24-29)44-42(46-43)30-22-23-33-32-14-6-7-18-36(32)47-38(33)25-30/h1-25H. The zero-order chi connectivity index (χ0) is 31.6. The maximum Gasteiger partial charge on any atom is 0.164 e. The van der Waals surface area contributed by atoms with Crippen molar-refractivity contribution in [3.05, 3.63) is 152 Å². The minimum Gasteiger partial charge on any atom is -0.456 e. The van der Waals surface area contributed by atoms with Gasteiger partial charge in [0.15, 0.2) is 17.5 Å². The molecule has 0 aliphatic heterocycles. The molecule has 10 rings (SSSR count). The zero-order valence-electron chi connectivity index (χ0n) is 25.6. The van der Waals surface area contributed by atoms with Gasteiger partial charge in [-0.15, -0.1) is 0 Å². The number of hydrogen-bond donors (Lipinski definition) is 0. The van der Waals surface area contributed by atoms with Crippen molar-refractivity contribution in [1.82, 2.24) is 15.0 Å². The Bertz CT molecular complexity index is 2850. The van der Waals surface area contributed by atoms with Gasteiger partial charge >= 0.3 is 0 Å². The molecule has 0 spiro atoms. The van der Waals surface area contributed by atoms with E-state index in [4.69, 9.17) is 23.8 Å². The highest BCUT2D eigenvalue weighted by Gasteiger charge is 2.20. The molecule has 0 saturated heterocycles. The Morgan fingerprint density at radius 2 is 1.00 bits per heavy atom. The van der Waals surface area contributed by atoms with Crippen LogP contribution in [0.2, 0.25) is 0 Å². The Hall–Kier alpha value is -6.59. The molecule has 3 heterocycles. The van der Waals surface area contributed by atoms with E-state index in [0.717, 1.165) is 82.5 Å². The van der Waals surface area contributed by atoms with Crippen LogP contribution in [-0.4, -0.2) is 15.0 Å². The van der Waals surface area contributed by atoms with Crippen molar-refractivity contribution < 1.29 is 8.83 Å². The van der Waals surface area contributed by atoms with Gasteiger partial charge in [0, 0.05) is 43.8 Å². The summed E-state index contributed by atoms with van der Waals surface area (Å²) in [5.74, 6) is 1.74. The van der Waals surface area contributed by atoms with E-state index in [1.807, 2.05) is 60.7 Å². The van der Waals surface area contributed by atoms with Crippen LogP contribution in [0.4, 0.5) is 0 Å². The highest BCUT2D eigenvalue weighted by atomic mass is 16.3. The number of benzene rings is 7. The van der Waals surface area contributed by atoms with E-state index in [0.29, 0.717) is 17.5 Å². The minimum atomic E-state index is 0.570. The third-order valence-electron chi connectivity index (χ3n) is 9.13. The Labute approximate surface area is 274 Å². The van der Waals surface area contributed by atoms with Crippen molar-refractivity contribution in [3.63, 3.8) is 0 Å². The third kappa shape index (κ3) is 4.22. The lowest BCUT2D eigenvalue weighted by Gasteiger charge is -2.10. The molecule has 0 amide bonds. The van der Waals surface area contributed by atoms with Gasteiger partial charge in [0.25, 0.3) is 0 Å². The van der Waals surface area contributed by atoms with Gasteiger partial charge in [0.05, 0.1) is 0 Å². The number of fused-ring (bicyclic) bond motifs is 7. The monoisotopic (exact) mass is 615 g/mol.